The number of likely N-dealkylation sites (tertiary alicyclic amines) is 1. The third kappa shape index (κ3) is 8.92. The zero-order valence-corrected chi connectivity index (χ0v) is 29.8. The fraction of sp³-hybridized carbons (Fsp3) is 0.667. The molecular weight excluding hydrogens is 599 g/mol. The lowest BCUT2D eigenvalue weighted by molar-refractivity contribution is -0.149. The van der Waals surface area contributed by atoms with E-state index in [1.165, 1.54) is 36.5 Å². The highest BCUT2D eigenvalue weighted by molar-refractivity contribution is 6.30. The van der Waals surface area contributed by atoms with Crippen molar-refractivity contribution in [1.29, 1.82) is 0 Å². The quantitative estimate of drug-likeness (QED) is 0.190. The van der Waals surface area contributed by atoms with Crippen LogP contribution in [0.3, 0.4) is 0 Å². The first-order valence-corrected chi connectivity index (χ1v) is 18.1. The van der Waals surface area contributed by atoms with Crippen LogP contribution >= 0.6 is 11.6 Å². The molecule has 3 aliphatic rings. The van der Waals surface area contributed by atoms with Gasteiger partial charge in [-0.25, -0.2) is 9.18 Å². The Kier molecular flexibility index (Phi) is 11.9. The van der Waals surface area contributed by atoms with E-state index >= 15 is 4.39 Å². The van der Waals surface area contributed by atoms with Crippen LogP contribution in [0, 0.1) is 25.1 Å². The van der Waals surface area contributed by atoms with Gasteiger partial charge in [-0.05, 0) is 169 Å². The fourth-order valence-electron chi connectivity index (χ4n) is 7.98. The summed E-state index contributed by atoms with van der Waals surface area (Å²) < 4.78 is 27.1. The summed E-state index contributed by atoms with van der Waals surface area (Å²) in [5, 5.41) is 0.759. The number of carbonyl (C=O) groups excluding carboxylic acids is 1. The van der Waals surface area contributed by atoms with Crippen LogP contribution in [0.1, 0.15) is 124 Å². The number of halogens is 2. The molecule has 7 heteroatoms. The number of hydrogen-bond donors (Lipinski definition) is 0. The molecule has 0 aromatic heterocycles. The predicted octanol–water partition coefficient (Wildman–Crippen LogP) is 9.13. The SMILES string of the molecule is CCOC(=O)C(c1ccc(F)c(C)c1C1CCC(OC2CC2)CC1)N(C)CC[C@H](CCN1CCC(C)(C)C1)c1cc(Cl)ccc1C. The number of likely N-dealkylation sites (N-methyl/N-ethyl adjacent to an activating group) is 1. The first-order valence-electron chi connectivity index (χ1n) is 17.8. The summed E-state index contributed by atoms with van der Waals surface area (Å²) in [5.74, 6) is 0.0188. The van der Waals surface area contributed by atoms with E-state index < -0.39 is 6.04 Å². The molecule has 2 atom stereocenters. The lowest BCUT2D eigenvalue weighted by Gasteiger charge is -2.35. The van der Waals surface area contributed by atoms with Crippen LogP contribution in [-0.4, -0.2) is 67.8 Å². The topological polar surface area (TPSA) is 42.0 Å². The number of hydrogen-bond acceptors (Lipinski definition) is 5. The molecule has 2 aliphatic carbocycles. The molecule has 3 fully saturated rings. The Hall–Kier alpha value is -1.99. The van der Waals surface area contributed by atoms with Crippen molar-refractivity contribution >= 4 is 17.6 Å². The Labute approximate surface area is 282 Å². The number of nitrogens with zero attached hydrogens (tertiary/aromatic N) is 2. The van der Waals surface area contributed by atoms with E-state index in [2.05, 4.69) is 42.7 Å². The Morgan fingerprint density at radius 2 is 1.74 bits per heavy atom. The Morgan fingerprint density at radius 3 is 2.37 bits per heavy atom. The molecule has 0 spiro atoms. The van der Waals surface area contributed by atoms with Crippen LogP contribution in [0.25, 0.3) is 0 Å². The molecule has 1 aliphatic heterocycles. The van der Waals surface area contributed by atoms with E-state index in [1.807, 2.05) is 33.0 Å². The maximum atomic E-state index is 15.2. The summed E-state index contributed by atoms with van der Waals surface area (Å²) in [5.41, 5.74) is 5.44. The van der Waals surface area contributed by atoms with Crippen molar-refractivity contribution in [3.8, 4) is 0 Å². The molecule has 2 aromatic carbocycles. The van der Waals surface area contributed by atoms with Crippen LogP contribution in [0.5, 0.6) is 0 Å². The number of ether oxygens (including phenoxy) is 2. The van der Waals surface area contributed by atoms with Gasteiger partial charge in [0.2, 0.25) is 0 Å². The maximum absolute atomic E-state index is 15.2. The van der Waals surface area contributed by atoms with Crippen molar-refractivity contribution in [1.82, 2.24) is 9.80 Å². The van der Waals surface area contributed by atoms with Crippen molar-refractivity contribution in [2.45, 2.75) is 122 Å². The standard InChI is InChI=1S/C39H56ClFN2O3/c1-7-45-38(44)37(33-16-17-35(41)27(3)36(33)29-9-12-31(13-10-29)46-32-14-15-32)42(6)21-18-28(34-24-30(40)11-8-26(34)2)19-22-43-23-20-39(4,5)25-43/h8,11,16-17,24,28-29,31-32,37H,7,9-10,12-15,18-23,25H2,1-6H3/t28-,29?,31?,37?/m1/s1. The first kappa shape index (κ1) is 35.3. The molecule has 5 rings (SSSR count). The second kappa shape index (κ2) is 15.5. The fourth-order valence-corrected chi connectivity index (χ4v) is 8.16. The summed E-state index contributed by atoms with van der Waals surface area (Å²) in [6.07, 6.45) is 10.1. The van der Waals surface area contributed by atoms with Gasteiger partial charge in [-0.3, -0.25) is 4.90 Å². The Balaban J connectivity index is 1.37. The van der Waals surface area contributed by atoms with Gasteiger partial charge in [0, 0.05) is 11.6 Å². The summed E-state index contributed by atoms with van der Waals surface area (Å²) in [7, 11) is 2.02. The Bertz CT molecular complexity index is 1340. The van der Waals surface area contributed by atoms with Crippen molar-refractivity contribution in [3.05, 3.63) is 69.0 Å². The molecule has 254 valence electrons. The van der Waals surface area contributed by atoms with Gasteiger partial charge in [0.15, 0.2) is 0 Å². The third-order valence-corrected chi connectivity index (χ3v) is 11.0. The van der Waals surface area contributed by atoms with Crippen molar-refractivity contribution in [3.63, 3.8) is 0 Å². The zero-order chi connectivity index (χ0) is 33.0. The van der Waals surface area contributed by atoms with E-state index in [0.29, 0.717) is 42.3 Å². The van der Waals surface area contributed by atoms with Gasteiger partial charge in [-0.2, -0.15) is 0 Å². The second-order valence-electron chi connectivity index (χ2n) is 15.1. The van der Waals surface area contributed by atoms with Crippen LogP contribution < -0.4 is 0 Å². The second-order valence-corrected chi connectivity index (χ2v) is 15.5. The van der Waals surface area contributed by atoms with E-state index in [9.17, 15) is 4.79 Å². The van der Waals surface area contributed by atoms with E-state index in [1.54, 1.807) is 0 Å². The van der Waals surface area contributed by atoms with Crippen LogP contribution in [-0.2, 0) is 14.3 Å². The molecule has 2 saturated carbocycles. The minimum atomic E-state index is -0.602. The van der Waals surface area contributed by atoms with Gasteiger partial charge >= 0.3 is 5.97 Å². The van der Waals surface area contributed by atoms with E-state index in [0.717, 1.165) is 74.3 Å². The summed E-state index contributed by atoms with van der Waals surface area (Å²) in [4.78, 5) is 18.5. The largest absolute Gasteiger partial charge is 0.465 e. The van der Waals surface area contributed by atoms with Gasteiger partial charge in [-0.1, -0.05) is 37.6 Å². The molecule has 0 N–H and O–H groups in total. The smallest absolute Gasteiger partial charge is 0.328 e. The number of esters is 1. The summed E-state index contributed by atoms with van der Waals surface area (Å²) in [6.45, 7) is 14.9. The van der Waals surface area contributed by atoms with E-state index in [-0.39, 0.29) is 17.7 Å². The molecule has 46 heavy (non-hydrogen) atoms. The Morgan fingerprint density at radius 1 is 1.04 bits per heavy atom. The van der Waals surface area contributed by atoms with Gasteiger partial charge in [0.25, 0.3) is 0 Å². The molecule has 0 radical (unpaired) electrons. The van der Waals surface area contributed by atoms with Gasteiger partial charge in [0.05, 0.1) is 18.8 Å². The van der Waals surface area contributed by atoms with Gasteiger partial charge in [-0.15, -0.1) is 0 Å². The average molecular weight is 655 g/mol. The molecule has 1 heterocycles. The number of aryl methyl sites for hydroxylation is 1. The van der Waals surface area contributed by atoms with Crippen LogP contribution in [0.4, 0.5) is 4.39 Å². The highest BCUT2D eigenvalue weighted by atomic mass is 35.5. The molecule has 2 aromatic rings. The lowest BCUT2D eigenvalue weighted by atomic mass is 9.77. The molecule has 0 amide bonds. The molecular formula is C39H56ClFN2O3. The summed E-state index contributed by atoms with van der Waals surface area (Å²) in [6, 6.07) is 8.99. The predicted molar refractivity (Wildman–Crippen MR) is 185 cm³/mol. The van der Waals surface area contributed by atoms with Crippen molar-refractivity contribution in [2.24, 2.45) is 5.41 Å². The minimum absolute atomic E-state index is 0.196. The number of benzene rings is 2. The summed E-state index contributed by atoms with van der Waals surface area (Å²) >= 11 is 6.53. The third-order valence-electron chi connectivity index (χ3n) is 10.8. The first-order chi connectivity index (χ1) is 22.0. The molecule has 5 nitrogen and oxygen atoms in total. The van der Waals surface area contributed by atoms with E-state index in [4.69, 9.17) is 21.1 Å². The van der Waals surface area contributed by atoms with Gasteiger partial charge < -0.3 is 14.4 Å². The zero-order valence-electron chi connectivity index (χ0n) is 29.0. The van der Waals surface area contributed by atoms with Gasteiger partial charge in [0.1, 0.15) is 11.9 Å². The van der Waals surface area contributed by atoms with Crippen LogP contribution in [0.2, 0.25) is 5.02 Å². The average Bonchev–Trinajstić information content (AvgIpc) is 3.76. The monoisotopic (exact) mass is 654 g/mol. The maximum Gasteiger partial charge on any atom is 0.328 e. The minimum Gasteiger partial charge on any atom is -0.465 e. The molecule has 1 unspecified atom stereocenters. The number of rotatable bonds is 14. The highest BCUT2D eigenvalue weighted by Crippen LogP contribution is 2.42. The normalized spacial score (nSPS) is 23.1. The molecule has 0 bridgehead atoms. The highest BCUT2D eigenvalue weighted by Gasteiger charge is 2.36. The van der Waals surface area contributed by atoms with Crippen molar-refractivity contribution in [2.75, 3.05) is 39.8 Å². The number of carbonyl (C=O) groups is 1. The lowest BCUT2D eigenvalue weighted by Crippen LogP contribution is -2.35. The van der Waals surface area contributed by atoms with Crippen molar-refractivity contribution < 1.29 is 18.7 Å². The van der Waals surface area contributed by atoms with Crippen LogP contribution in [0.15, 0.2) is 30.3 Å². The molecule has 1 saturated heterocycles.